The molecule has 312 valence electrons. The minimum Gasteiger partial charge on any atom is -0.657 e. The summed E-state index contributed by atoms with van der Waals surface area (Å²) >= 11 is 3.76. The summed E-state index contributed by atoms with van der Waals surface area (Å²) in [5.74, 6) is 0.160. The number of nitrogens with one attached hydrogen (secondary N) is 1. The van der Waals surface area contributed by atoms with E-state index < -0.39 is 0 Å². The third-order valence-corrected chi connectivity index (χ3v) is 13.3. The molecule has 7 heterocycles. The van der Waals surface area contributed by atoms with Crippen molar-refractivity contribution in [1.29, 1.82) is 0 Å². The quantitative estimate of drug-likeness (QED) is 0.173. The fourth-order valence-corrected chi connectivity index (χ4v) is 10.4. The number of hydrogen-bond donors (Lipinski definition) is 1. The number of nitrogens with zero attached hydrogens (tertiary/aromatic N) is 4. The number of fused-ring (bicyclic) bond motifs is 11. The van der Waals surface area contributed by atoms with Gasteiger partial charge in [-0.25, -0.2) is 9.97 Å². The molecule has 8 bridgehead atoms. The zero-order chi connectivity index (χ0) is 41.9. The summed E-state index contributed by atoms with van der Waals surface area (Å²) in [7, 11) is 0. The van der Waals surface area contributed by atoms with Gasteiger partial charge in [-0.05, 0) is 93.8 Å². The Morgan fingerprint density at radius 1 is 0.547 bits per heavy atom. The Morgan fingerprint density at radius 3 is 1.56 bits per heavy atom. The molecule has 1 N–H and O–H groups in total. The van der Waals surface area contributed by atoms with E-state index in [4.69, 9.17) is 24.7 Å². The van der Waals surface area contributed by atoms with E-state index in [-0.39, 0.29) is 34.6 Å². The number of halogens is 1. The van der Waals surface area contributed by atoms with Crippen molar-refractivity contribution in [2.45, 2.75) is 25.0 Å². The average Bonchev–Trinajstić information content (AvgIpc) is 4.18. The summed E-state index contributed by atoms with van der Waals surface area (Å²) in [6.45, 7) is 0.734. The number of rotatable bonds is 5. The van der Waals surface area contributed by atoms with Crippen LogP contribution in [0.5, 0.6) is 0 Å². The molecule has 4 aliphatic rings. The SMILES string of the molecule is Brc1ccc2c(c1)[C@@H]1OCCC[C@@H]1[C@H](C1=Cc3nc1c(-c1ccccc1)c1ccc([n-]1)c(-c1ccccc1)c1nc(c(-c4ccccc4)c4ccc([n-]4)c3-c3ccccc3)C=C1)N2.[Ni+2]. The summed E-state index contributed by atoms with van der Waals surface area (Å²) in [5, 5.41) is 4.05. The topological polar surface area (TPSA) is 75.2 Å². The first-order valence-corrected chi connectivity index (χ1v) is 22.4. The van der Waals surface area contributed by atoms with E-state index in [9.17, 15) is 0 Å². The molecule has 6 nitrogen and oxygen atoms in total. The Balaban J connectivity index is 0.00000456. The van der Waals surface area contributed by atoms with E-state index in [0.29, 0.717) is 0 Å². The molecule has 8 aromatic rings. The maximum Gasteiger partial charge on any atom is 2.00 e. The second kappa shape index (κ2) is 16.9. The molecule has 64 heavy (non-hydrogen) atoms. The third-order valence-electron chi connectivity index (χ3n) is 12.8. The second-order valence-electron chi connectivity index (χ2n) is 16.5. The molecule has 0 aliphatic carbocycles. The number of anilines is 1. The summed E-state index contributed by atoms with van der Waals surface area (Å²) < 4.78 is 7.76. The standard InChI is InChI=1S/C56H40BrN5O.Ni/c57-38-23-24-42-40(32-38)56-39(22-13-31-63-56)54(61-42)41-33-49-52(36-18-9-3-10-19-36)47-28-27-45(59-47)50(34-14-5-1-6-15-34)43-25-26-44(58-43)51(35-16-7-2-8-17-35)46-29-30-48(60-46)53(55(41)62-49)37-20-11-4-12-21-37;/h1-12,14-21,23-30,32-33,39,54,56,61H,13,22,31H2;/q-2;+2/t39-,54-,56-;/m1./s1. The van der Waals surface area contributed by atoms with E-state index in [0.717, 1.165) is 125 Å². The van der Waals surface area contributed by atoms with Crippen LogP contribution in [0.2, 0.25) is 0 Å². The van der Waals surface area contributed by atoms with E-state index in [1.165, 1.54) is 5.56 Å². The maximum absolute atomic E-state index is 6.71. The van der Waals surface area contributed by atoms with Crippen molar-refractivity contribution in [3.63, 3.8) is 0 Å². The molecule has 0 amide bonds. The van der Waals surface area contributed by atoms with Crippen molar-refractivity contribution in [3.8, 4) is 44.5 Å². The van der Waals surface area contributed by atoms with Crippen molar-refractivity contribution in [2.75, 3.05) is 11.9 Å². The molecule has 0 unspecified atom stereocenters. The van der Waals surface area contributed by atoms with Gasteiger partial charge in [0.25, 0.3) is 0 Å². The first-order chi connectivity index (χ1) is 31.1. The molecule has 1 saturated heterocycles. The molecule has 12 rings (SSSR count). The molecule has 0 spiro atoms. The van der Waals surface area contributed by atoms with E-state index in [1.54, 1.807) is 0 Å². The summed E-state index contributed by atoms with van der Waals surface area (Å²) in [5.41, 5.74) is 18.2. The van der Waals surface area contributed by atoms with Crippen LogP contribution in [-0.2, 0) is 21.2 Å². The van der Waals surface area contributed by atoms with Crippen LogP contribution in [0.3, 0.4) is 0 Å². The number of benzene rings is 5. The van der Waals surface area contributed by atoms with Crippen LogP contribution >= 0.6 is 15.9 Å². The van der Waals surface area contributed by atoms with Gasteiger partial charge < -0.3 is 20.0 Å². The second-order valence-corrected chi connectivity index (χ2v) is 17.4. The maximum atomic E-state index is 6.71. The van der Waals surface area contributed by atoms with Gasteiger partial charge in [0.2, 0.25) is 0 Å². The minimum absolute atomic E-state index is 0. The molecule has 0 saturated carbocycles. The van der Waals surface area contributed by atoms with Gasteiger partial charge in [-0.15, -0.1) is 22.1 Å². The van der Waals surface area contributed by atoms with Gasteiger partial charge in [0.1, 0.15) is 0 Å². The van der Waals surface area contributed by atoms with Gasteiger partial charge in [0.15, 0.2) is 0 Å². The van der Waals surface area contributed by atoms with Gasteiger partial charge in [-0.1, -0.05) is 162 Å². The largest absolute Gasteiger partial charge is 2.00 e. The fraction of sp³-hybridized carbons (Fsp3) is 0.107. The number of aromatic nitrogens is 4. The van der Waals surface area contributed by atoms with Crippen LogP contribution < -0.4 is 15.3 Å². The Morgan fingerprint density at radius 2 is 1.03 bits per heavy atom. The first-order valence-electron chi connectivity index (χ1n) is 21.6. The van der Waals surface area contributed by atoms with Crippen LogP contribution in [0.25, 0.3) is 90.4 Å². The number of ether oxygens (including phenoxy) is 1. The van der Waals surface area contributed by atoms with Crippen LogP contribution in [0.4, 0.5) is 5.69 Å². The van der Waals surface area contributed by atoms with Gasteiger partial charge in [0.05, 0.1) is 34.9 Å². The Labute approximate surface area is 390 Å². The molecule has 3 aromatic heterocycles. The van der Waals surface area contributed by atoms with Gasteiger partial charge in [-0.2, -0.15) is 0 Å². The molecule has 1 fully saturated rings. The van der Waals surface area contributed by atoms with Crippen molar-refractivity contribution >= 4 is 67.5 Å². The predicted molar refractivity (Wildman–Crippen MR) is 260 cm³/mol. The smallest absolute Gasteiger partial charge is 0.657 e. The van der Waals surface area contributed by atoms with Gasteiger partial charge >= 0.3 is 16.5 Å². The summed E-state index contributed by atoms with van der Waals surface area (Å²) in [6, 6.07) is 57.1. The van der Waals surface area contributed by atoms with E-state index >= 15 is 0 Å². The Kier molecular flexibility index (Phi) is 10.6. The number of hydrogen-bond acceptors (Lipinski definition) is 4. The summed E-state index contributed by atoms with van der Waals surface area (Å²) in [4.78, 5) is 22.3. The monoisotopic (exact) mass is 935 g/mol. The van der Waals surface area contributed by atoms with Crippen LogP contribution in [0.1, 0.15) is 47.3 Å². The van der Waals surface area contributed by atoms with Crippen molar-refractivity contribution in [1.82, 2.24) is 19.9 Å². The molecule has 5 aromatic carbocycles. The molecular weight excluding hydrogens is 897 g/mol. The van der Waals surface area contributed by atoms with Gasteiger partial charge in [-0.3, -0.25) is 0 Å². The Bertz CT molecular complexity index is 3290. The van der Waals surface area contributed by atoms with Crippen LogP contribution in [0.15, 0.2) is 168 Å². The normalized spacial score (nSPS) is 17.4. The van der Waals surface area contributed by atoms with Crippen molar-refractivity contribution < 1.29 is 21.2 Å². The molecule has 8 heteroatoms. The minimum atomic E-state index is -0.105. The van der Waals surface area contributed by atoms with Crippen LogP contribution in [0, 0.1) is 5.92 Å². The third kappa shape index (κ3) is 7.07. The van der Waals surface area contributed by atoms with Crippen molar-refractivity contribution in [3.05, 3.63) is 197 Å². The predicted octanol–water partition coefficient (Wildman–Crippen LogP) is 13.7. The molecule has 0 radical (unpaired) electrons. The molecule has 3 atom stereocenters. The van der Waals surface area contributed by atoms with Gasteiger partial charge in [0, 0.05) is 33.8 Å². The summed E-state index contributed by atoms with van der Waals surface area (Å²) in [6.07, 6.45) is 8.49. The van der Waals surface area contributed by atoms with Crippen LogP contribution in [-0.4, -0.2) is 22.6 Å². The van der Waals surface area contributed by atoms with E-state index in [1.807, 2.05) is 12.1 Å². The Hall–Kier alpha value is -6.57. The molecule has 4 aliphatic heterocycles. The van der Waals surface area contributed by atoms with E-state index in [2.05, 4.69) is 191 Å². The zero-order valence-electron chi connectivity index (χ0n) is 34.6. The fourth-order valence-electron chi connectivity index (χ4n) is 9.98. The molecular formula is C56H40BrN5NiO. The average molecular weight is 938 g/mol. The zero-order valence-corrected chi connectivity index (χ0v) is 37.1. The first kappa shape index (κ1) is 40.2. The van der Waals surface area contributed by atoms with Crippen molar-refractivity contribution in [2.24, 2.45) is 5.92 Å².